The zero-order valence-corrected chi connectivity index (χ0v) is 42.7. The van der Waals surface area contributed by atoms with Gasteiger partial charge in [-0.1, -0.05) is 47.8 Å². The molecule has 5 heterocycles. The number of para-hydroxylation sites is 1. The molecule has 3 aliphatic rings. The zero-order valence-electron chi connectivity index (χ0n) is 41.1. The van der Waals surface area contributed by atoms with E-state index in [1.54, 1.807) is 18.1 Å². The van der Waals surface area contributed by atoms with Crippen molar-refractivity contribution >= 4 is 46.5 Å². The van der Waals surface area contributed by atoms with Crippen LogP contribution in [0.2, 0.25) is 0 Å². The van der Waals surface area contributed by atoms with Crippen molar-refractivity contribution in [3.05, 3.63) is 93.3 Å². The Morgan fingerprint density at radius 2 is 1.64 bits per heavy atom. The second-order valence-corrected chi connectivity index (χ2v) is 19.3. The van der Waals surface area contributed by atoms with Gasteiger partial charge in [-0.2, -0.15) is 15.0 Å². The summed E-state index contributed by atoms with van der Waals surface area (Å²) >= 11 is 2.64. The average molecular weight is 1040 g/mol. The van der Waals surface area contributed by atoms with Gasteiger partial charge in [0.25, 0.3) is 0 Å². The molecule has 4 amide bonds. The average Bonchev–Trinajstić information content (AvgIpc) is 4.01. The van der Waals surface area contributed by atoms with Crippen molar-refractivity contribution in [1.82, 2.24) is 45.0 Å². The number of nitrogens with one attached hydrogen (secondary N) is 2. The molecule has 72 heavy (non-hydrogen) atoms. The minimum Gasteiger partial charge on any atom is -0.497 e. The molecule has 2 atom stereocenters. The Hall–Kier alpha value is -5.60. The summed E-state index contributed by atoms with van der Waals surface area (Å²) in [5.41, 5.74) is 8.43. The molecule has 1 saturated heterocycles. The van der Waals surface area contributed by atoms with Crippen LogP contribution in [-0.2, 0) is 64.9 Å². The zero-order chi connectivity index (χ0) is 50.7. The number of hydrogen-bond donors (Lipinski definition) is 3. The number of carbonyl (C=O) groups excluding carboxylic acids is 3. The van der Waals surface area contributed by atoms with Crippen molar-refractivity contribution in [3.63, 3.8) is 0 Å². The normalized spacial score (nSPS) is 17.9. The predicted molar refractivity (Wildman–Crippen MR) is 269 cm³/mol. The Bertz CT molecular complexity index is 2510. The first kappa shape index (κ1) is 54.2. The lowest BCUT2D eigenvalue weighted by atomic mass is 9.87. The number of amides is 4. The number of aromatic amines is 1. The van der Waals surface area contributed by atoms with Crippen molar-refractivity contribution in [1.29, 1.82) is 0 Å². The highest BCUT2D eigenvalue weighted by atomic mass is 32.2. The summed E-state index contributed by atoms with van der Waals surface area (Å²) in [6.45, 7) is 9.43. The number of benzene rings is 2. The molecule has 2 aromatic carbocycles. The number of aromatic nitrogens is 5. The fourth-order valence-corrected chi connectivity index (χ4v) is 10.2. The molecule has 3 aliphatic heterocycles. The number of nitrogens with zero attached hydrogens (tertiary/aromatic N) is 8. The Balaban J connectivity index is 0.740. The van der Waals surface area contributed by atoms with Crippen molar-refractivity contribution in [2.45, 2.75) is 56.1 Å². The lowest BCUT2D eigenvalue weighted by Crippen LogP contribution is -2.48. The summed E-state index contributed by atoms with van der Waals surface area (Å²) in [7, 11) is 3.68. The molecule has 0 bridgehead atoms. The van der Waals surface area contributed by atoms with E-state index in [2.05, 4.69) is 30.4 Å². The smallest absolute Gasteiger partial charge is 0.345 e. The third kappa shape index (κ3) is 15.9. The summed E-state index contributed by atoms with van der Waals surface area (Å²) < 4.78 is 40.7. The molecule has 24 heteroatoms. The second kappa shape index (κ2) is 27.5. The summed E-state index contributed by atoms with van der Waals surface area (Å²) in [5.74, 6) is 1.91. The predicted octanol–water partition coefficient (Wildman–Crippen LogP) is 2.22. The molecule has 22 nitrogen and oxygen atoms in total. The number of piperazine rings is 1. The Labute approximate surface area is 427 Å². The van der Waals surface area contributed by atoms with Gasteiger partial charge in [0, 0.05) is 50.2 Å². The number of amidine groups is 1. The number of nitrogens with two attached hydrogens (primary N) is 1. The number of likely N-dealkylation sites (N-methyl/N-ethyl adjacent to an activating group) is 1. The highest BCUT2D eigenvalue weighted by molar-refractivity contribution is 8.14. The number of rotatable bonds is 27. The third-order valence-corrected chi connectivity index (χ3v) is 14.3. The molecule has 0 radical (unpaired) electrons. The Morgan fingerprint density at radius 1 is 0.903 bits per heavy atom. The highest BCUT2D eigenvalue weighted by Crippen LogP contribution is 2.44. The maximum atomic E-state index is 13.6. The molecule has 0 spiro atoms. The molecule has 7 rings (SSSR count). The van der Waals surface area contributed by atoms with E-state index >= 15 is 0 Å². The molecule has 1 fully saturated rings. The first-order chi connectivity index (χ1) is 35.0. The van der Waals surface area contributed by atoms with Crippen LogP contribution in [0.3, 0.4) is 0 Å². The van der Waals surface area contributed by atoms with Crippen LogP contribution in [0.15, 0.2) is 69.7 Å². The SMILES string of the molecule is COc1ccc2c(c1)C[C@H](COCCOCCOCCn1ncc(COCCOCCOc3ccccc3C3(CC(=O)N4CCN(C)CC4)CSC(NC(N)=O)=N3)n1)N(C(=O)CSc1[nH]c(=O)ncc1C)C2. The van der Waals surface area contributed by atoms with E-state index in [1.165, 1.54) is 29.7 Å². The van der Waals surface area contributed by atoms with Gasteiger partial charge in [0.2, 0.25) is 11.8 Å². The monoisotopic (exact) mass is 1040 g/mol. The van der Waals surface area contributed by atoms with Gasteiger partial charge in [0.1, 0.15) is 29.3 Å². The number of urea groups is 1. The highest BCUT2D eigenvalue weighted by Gasteiger charge is 2.43. The van der Waals surface area contributed by atoms with Crippen molar-refractivity contribution in [2.75, 3.05) is 118 Å². The van der Waals surface area contributed by atoms with E-state index in [4.69, 9.17) is 43.9 Å². The van der Waals surface area contributed by atoms with Crippen LogP contribution in [-0.4, -0.2) is 187 Å². The fraction of sp³-hybridized carbons (Fsp3) is 0.542. The van der Waals surface area contributed by atoms with Crippen LogP contribution in [0.1, 0.15) is 34.4 Å². The first-order valence-corrected chi connectivity index (χ1v) is 25.8. The van der Waals surface area contributed by atoms with Crippen LogP contribution in [0.4, 0.5) is 4.79 Å². The quantitative estimate of drug-likeness (QED) is 0.0440. The van der Waals surface area contributed by atoms with E-state index in [1.807, 2.05) is 66.2 Å². The number of primary amides is 1. The van der Waals surface area contributed by atoms with E-state index in [0.29, 0.717) is 119 Å². The minimum absolute atomic E-state index is 0.00257. The molecule has 0 aliphatic carbocycles. The molecular weight excluding hydrogens is 971 g/mol. The van der Waals surface area contributed by atoms with Gasteiger partial charge in [-0.05, 0) is 55.3 Å². The van der Waals surface area contributed by atoms with E-state index < -0.39 is 17.3 Å². The molecule has 4 aromatic rings. The van der Waals surface area contributed by atoms with Gasteiger partial charge < -0.3 is 58.6 Å². The van der Waals surface area contributed by atoms with Gasteiger partial charge in [-0.3, -0.25) is 14.9 Å². The number of carbonyl (C=O) groups is 3. The van der Waals surface area contributed by atoms with Gasteiger partial charge in [0.15, 0.2) is 5.17 Å². The molecule has 4 N–H and O–H groups in total. The molecule has 390 valence electrons. The maximum absolute atomic E-state index is 13.6. The number of hydrogen-bond acceptors (Lipinski definition) is 18. The number of ether oxygens (including phenoxy) is 7. The minimum atomic E-state index is -0.943. The third-order valence-electron chi connectivity index (χ3n) is 12.1. The van der Waals surface area contributed by atoms with Crippen LogP contribution >= 0.6 is 23.5 Å². The number of thioether (sulfide) groups is 2. The molecule has 1 unspecified atom stereocenters. The summed E-state index contributed by atoms with van der Waals surface area (Å²) in [6, 6.07) is 12.5. The van der Waals surface area contributed by atoms with Crippen LogP contribution in [0.25, 0.3) is 0 Å². The van der Waals surface area contributed by atoms with Gasteiger partial charge >= 0.3 is 11.7 Å². The van der Waals surface area contributed by atoms with Crippen LogP contribution in [0.5, 0.6) is 11.5 Å². The van der Waals surface area contributed by atoms with Gasteiger partial charge in [-0.25, -0.2) is 19.6 Å². The summed E-state index contributed by atoms with van der Waals surface area (Å²) in [5, 5.41) is 12.4. The first-order valence-electron chi connectivity index (χ1n) is 23.9. The number of aryl methyl sites for hydroxylation is 1. The maximum Gasteiger partial charge on any atom is 0.345 e. The Kier molecular flexibility index (Phi) is 20.7. The van der Waals surface area contributed by atoms with E-state index in [9.17, 15) is 19.2 Å². The lowest BCUT2D eigenvalue weighted by molar-refractivity contribution is -0.134. The van der Waals surface area contributed by atoms with Crippen LogP contribution in [0, 0.1) is 6.92 Å². The van der Waals surface area contributed by atoms with E-state index in [-0.39, 0.29) is 43.2 Å². The molecule has 0 saturated carbocycles. The fourth-order valence-electron chi connectivity index (χ4n) is 8.25. The lowest BCUT2D eigenvalue weighted by Gasteiger charge is -2.37. The standard InChI is InChI=1S/C48H65N11O11S2/c1-34-27-50-46(63)52-44(34)71-32-43(61)58-29-35-8-9-39(64-3)25-36(35)24-38(58)31-69-21-19-66-17-16-65-15-14-59-51-28-37(55-59)30-68-20-18-67-22-23-70-41-7-5-4-6-40(41)48(33-72-47(54-48)53-45(49)62)26-42(60)57-12-10-56(2)11-13-57/h4-9,25,27-28,38H,10-24,26,29-33H2,1-3H3,(H,50,52,63)(H3,49,53,54,62)/t38-,48?/m1/s1. The van der Waals surface area contributed by atoms with Gasteiger partial charge in [0.05, 0.1) is 109 Å². The second-order valence-electron chi connectivity index (χ2n) is 17.3. The number of fused-ring (bicyclic) bond motifs is 1. The van der Waals surface area contributed by atoms with Gasteiger partial charge in [-0.15, -0.1) is 0 Å². The summed E-state index contributed by atoms with van der Waals surface area (Å²) in [6.07, 6.45) is 3.91. The molecule has 2 aromatic heterocycles. The topological polar surface area (TPSA) is 252 Å². The molecular formula is C48H65N11O11S2. The number of H-pyrrole nitrogens is 1. The number of methoxy groups -OCH3 is 1. The number of aliphatic imine (C=N–C) groups is 1. The van der Waals surface area contributed by atoms with E-state index in [0.717, 1.165) is 41.1 Å². The Morgan fingerprint density at radius 3 is 2.42 bits per heavy atom. The largest absolute Gasteiger partial charge is 0.497 e. The summed E-state index contributed by atoms with van der Waals surface area (Å²) in [4.78, 5) is 69.3. The van der Waals surface area contributed by atoms with Crippen molar-refractivity contribution < 1.29 is 47.5 Å². The van der Waals surface area contributed by atoms with Crippen LogP contribution < -0.4 is 26.2 Å². The van der Waals surface area contributed by atoms with Crippen molar-refractivity contribution in [2.24, 2.45) is 10.7 Å². The van der Waals surface area contributed by atoms with Crippen molar-refractivity contribution in [3.8, 4) is 11.5 Å².